The third-order valence-electron chi connectivity index (χ3n) is 3.01. The largest absolute Gasteiger partial charge is 0.494 e. The van der Waals surface area contributed by atoms with Gasteiger partial charge in [0.05, 0.1) is 7.11 Å². The summed E-state index contributed by atoms with van der Waals surface area (Å²) in [5, 5.41) is 0. The Morgan fingerprint density at radius 1 is 1.47 bits per heavy atom. The topological polar surface area (TPSA) is 35.2 Å². The van der Waals surface area contributed by atoms with E-state index in [-0.39, 0.29) is 11.6 Å². The second-order valence-corrected chi connectivity index (χ2v) is 4.89. The van der Waals surface area contributed by atoms with Crippen LogP contribution in [0.25, 0.3) is 0 Å². The Kier molecular flexibility index (Phi) is 2.73. The van der Waals surface area contributed by atoms with Crippen molar-refractivity contribution in [1.82, 2.24) is 0 Å². The smallest absolute Gasteiger partial charge is 0.170 e. The van der Waals surface area contributed by atoms with Crippen LogP contribution in [0.2, 0.25) is 0 Å². The molecule has 0 saturated heterocycles. The van der Waals surface area contributed by atoms with E-state index in [0.717, 1.165) is 23.7 Å². The van der Waals surface area contributed by atoms with Gasteiger partial charge in [0.2, 0.25) is 0 Å². The van der Waals surface area contributed by atoms with Gasteiger partial charge >= 0.3 is 0 Å². The molecule has 1 saturated carbocycles. The minimum absolute atomic E-state index is 0.246. The van der Waals surface area contributed by atoms with E-state index in [4.69, 9.17) is 10.5 Å². The Morgan fingerprint density at radius 3 is 2.60 bits per heavy atom. The number of methoxy groups -OCH3 is 1. The van der Waals surface area contributed by atoms with Crippen molar-refractivity contribution >= 4 is 15.9 Å². The summed E-state index contributed by atoms with van der Waals surface area (Å²) in [6.07, 6.45) is 2.73. The zero-order valence-electron chi connectivity index (χ0n) is 8.52. The molecule has 2 nitrogen and oxygen atoms in total. The van der Waals surface area contributed by atoms with Gasteiger partial charge in [-0.05, 0) is 31.4 Å². The first-order valence-corrected chi connectivity index (χ1v) is 5.68. The predicted molar refractivity (Wildman–Crippen MR) is 60.4 cm³/mol. The first-order chi connectivity index (χ1) is 7.07. The van der Waals surface area contributed by atoms with Crippen LogP contribution in [0.4, 0.5) is 4.39 Å². The van der Waals surface area contributed by atoms with Crippen LogP contribution in [0, 0.1) is 5.82 Å². The molecule has 82 valence electrons. The molecule has 0 aliphatic heterocycles. The van der Waals surface area contributed by atoms with Gasteiger partial charge in [0, 0.05) is 15.6 Å². The van der Waals surface area contributed by atoms with Crippen molar-refractivity contribution in [3.8, 4) is 5.75 Å². The number of hydrogen-bond donors (Lipinski definition) is 1. The van der Waals surface area contributed by atoms with E-state index in [2.05, 4.69) is 15.9 Å². The molecule has 0 amide bonds. The van der Waals surface area contributed by atoms with E-state index in [1.807, 2.05) is 0 Å². The zero-order chi connectivity index (χ0) is 11.1. The standard InChI is InChI=1S/C11H13BrFNO/c1-15-9-6-7(12)5-8(10(9)13)11(14)3-2-4-11/h5-6H,2-4,14H2,1H3. The van der Waals surface area contributed by atoms with E-state index in [0.29, 0.717) is 5.56 Å². The normalized spacial score (nSPS) is 18.4. The van der Waals surface area contributed by atoms with Gasteiger partial charge < -0.3 is 10.5 Å². The van der Waals surface area contributed by atoms with Crippen LogP contribution in [0.1, 0.15) is 24.8 Å². The first-order valence-electron chi connectivity index (χ1n) is 4.89. The van der Waals surface area contributed by atoms with Crippen LogP contribution in [-0.2, 0) is 5.54 Å². The summed E-state index contributed by atoms with van der Waals surface area (Å²) >= 11 is 3.33. The van der Waals surface area contributed by atoms with Gasteiger partial charge in [-0.1, -0.05) is 15.9 Å². The molecule has 0 unspecified atom stereocenters. The van der Waals surface area contributed by atoms with E-state index in [1.165, 1.54) is 7.11 Å². The van der Waals surface area contributed by atoms with Gasteiger partial charge in [-0.2, -0.15) is 0 Å². The number of rotatable bonds is 2. The Balaban J connectivity index is 2.50. The number of hydrogen-bond acceptors (Lipinski definition) is 2. The zero-order valence-corrected chi connectivity index (χ0v) is 10.1. The van der Waals surface area contributed by atoms with Crippen LogP contribution in [0.15, 0.2) is 16.6 Å². The van der Waals surface area contributed by atoms with Crippen molar-refractivity contribution in [3.63, 3.8) is 0 Å². The molecule has 4 heteroatoms. The molecule has 0 radical (unpaired) electrons. The van der Waals surface area contributed by atoms with Crippen molar-refractivity contribution in [2.45, 2.75) is 24.8 Å². The molecular weight excluding hydrogens is 261 g/mol. The third kappa shape index (κ3) is 1.76. The minimum Gasteiger partial charge on any atom is -0.494 e. The fourth-order valence-corrected chi connectivity index (χ4v) is 2.34. The van der Waals surface area contributed by atoms with E-state index in [1.54, 1.807) is 12.1 Å². The molecular formula is C11H13BrFNO. The average molecular weight is 274 g/mol. The molecule has 2 rings (SSSR count). The second-order valence-electron chi connectivity index (χ2n) is 3.98. The highest BCUT2D eigenvalue weighted by Crippen LogP contribution is 2.42. The molecule has 1 aromatic carbocycles. The van der Waals surface area contributed by atoms with E-state index < -0.39 is 5.54 Å². The fraction of sp³-hybridized carbons (Fsp3) is 0.455. The lowest BCUT2D eigenvalue weighted by molar-refractivity contribution is 0.242. The molecule has 1 aliphatic carbocycles. The van der Waals surface area contributed by atoms with Crippen molar-refractivity contribution < 1.29 is 9.13 Å². The number of nitrogens with two attached hydrogens (primary N) is 1. The SMILES string of the molecule is COc1cc(Br)cc(C2(N)CCC2)c1F. The van der Waals surface area contributed by atoms with Crippen LogP contribution < -0.4 is 10.5 Å². The summed E-state index contributed by atoms with van der Waals surface area (Å²) in [6, 6.07) is 3.36. The molecule has 15 heavy (non-hydrogen) atoms. The molecule has 0 heterocycles. The predicted octanol–water partition coefficient (Wildman–Crippen LogP) is 2.93. The summed E-state index contributed by atoms with van der Waals surface area (Å²) in [5.74, 6) is -0.0843. The third-order valence-corrected chi connectivity index (χ3v) is 3.46. The second kappa shape index (κ2) is 3.76. The van der Waals surface area contributed by atoms with Crippen LogP contribution >= 0.6 is 15.9 Å². The van der Waals surface area contributed by atoms with Crippen molar-refractivity contribution in [3.05, 3.63) is 28.0 Å². The van der Waals surface area contributed by atoms with Crippen molar-refractivity contribution in [2.75, 3.05) is 7.11 Å². The minimum atomic E-state index is -0.499. The molecule has 1 fully saturated rings. The number of halogens is 2. The molecule has 2 N–H and O–H groups in total. The molecule has 1 aliphatic rings. The summed E-state index contributed by atoms with van der Waals surface area (Å²) < 4.78 is 19.7. The highest BCUT2D eigenvalue weighted by atomic mass is 79.9. The van der Waals surface area contributed by atoms with Gasteiger partial charge in [-0.3, -0.25) is 0 Å². The quantitative estimate of drug-likeness (QED) is 0.899. The lowest BCUT2D eigenvalue weighted by Gasteiger charge is -2.39. The van der Waals surface area contributed by atoms with Crippen molar-refractivity contribution in [2.24, 2.45) is 5.73 Å². The summed E-state index contributed by atoms with van der Waals surface area (Å²) in [6.45, 7) is 0. The molecule has 0 spiro atoms. The Labute approximate surface area is 96.7 Å². The van der Waals surface area contributed by atoms with E-state index >= 15 is 0 Å². The molecule has 1 aromatic rings. The van der Waals surface area contributed by atoms with Gasteiger partial charge in [-0.25, -0.2) is 4.39 Å². The van der Waals surface area contributed by atoms with Crippen LogP contribution in [0.3, 0.4) is 0 Å². The maximum atomic E-state index is 13.9. The lowest BCUT2D eigenvalue weighted by Crippen LogP contribution is -2.44. The fourth-order valence-electron chi connectivity index (χ4n) is 1.90. The highest BCUT2D eigenvalue weighted by Gasteiger charge is 2.37. The number of benzene rings is 1. The number of ether oxygens (including phenoxy) is 1. The first kappa shape index (κ1) is 10.9. The van der Waals surface area contributed by atoms with Gasteiger partial charge in [-0.15, -0.1) is 0 Å². The lowest BCUT2D eigenvalue weighted by atomic mass is 9.72. The average Bonchev–Trinajstić information content (AvgIpc) is 2.17. The van der Waals surface area contributed by atoms with Gasteiger partial charge in [0.1, 0.15) is 0 Å². The van der Waals surface area contributed by atoms with Crippen LogP contribution in [0.5, 0.6) is 5.75 Å². The summed E-state index contributed by atoms with van der Waals surface area (Å²) in [5.41, 5.74) is 6.16. The van der Waals surface area contributed by atoms with Crippen LogP contribution in [-0.4, -0.2) is 7.11 Å². The van der Waals surface area contributed by atoms with E-state index in [9.17, 15) is 4.39 Å². The molecule has 0 bridgehead atoms. The highest BCUT2D eigenvalue weighted by molar-refractivity contribution is 9.10. The molecule has 0 aromatic heterocycles. The Hall–Kier alpha value is -0.610. The molecule has 0 atom stereocenters. The maximum Gasteiger partial charge on any atom is 0.170 e. The van der Waals surface area contributed by atoms with Crippen molar-refractivity contribution in [1.29, 1.82) is 0 Å². The van der Waals surface area contributed by atoms with Gasteiger partial charge in [0.25, 0.3) is 0 Å². The summed E-state index contributed by atoms with van der Waals surface area (Å²) in [7, 11) is 1.46. The summed E-state index contributed by atoms with van der Waals surface area (Å²) in [4.78, 5) is 0. The maximum absolute atomic E-state index is 13.9. The van der Waals surface area contributed by atoms with Gasteiger partial charge in [0.15, 0.2) is 11.6 Å². The monoisotopic (exact) mass is 273 g/mol. The Morgan fingerprint density at radius 2 is 2.13 bits per heavy atom. The Bertz CT molecular complexity index is 390.